The summed E-state index contributed by atoms with van der Waals surface area (Å²) < 4.78 is 16.0. The quantitative estimate of drug-likeness (QED) is 0.558. The van der Waals surface area contributed by atoms with E-state index >= 15 is 0 Å². The van der Waals surface area contributed by atoms with Gasteiger partial charge >= 0.3 is 11.9 Å². The van der Waals surface area contributed by atoms with E-state index in [9.17, 15) is 9.59 Å². The number of hydrogen-bond acceptors (Lipinski definition) is 7. The molecule has 9 heteroatoms. The molecule has 0 unspecified atom stereocenters. The fraction of sp³-hybridized carbons (Fsp3) is 0.286. The van der Waals surface area contributed by atoms with Gasteiger partial charge < -0.3 is 14.2 Å². The standard InChI is InChI=1S/C14H14ClN3O5/c1-21-13(20)11-16-14(15)18(17-11)9-22-7-8-23-12(19)10-5-3-2-4-6-10/h2-6H,7-9H2,1H3. The topological polar surface area (TPSA) is 92.5 Å². The van der Waals surface area contributed by atoms with Gasteiger partial charge in [-0.1, -0.05) is 18.2 Å². The Balaban J connectivity index is 1.73. The summed E-state index contributed by atoms with van der Waals surface area (Å²) in [5.41, 5.74) is 0.467. The second kappa shape index (κ2) is 8.25. The molecule has 0 amide bonds. The molecule has 23 heavy (non-hydrogen) atoms. The molecular formula is C14H14ClN3O5. The van der Waals surface area contributed by atoms with E-state index in [0.29, 0.717) is 5.56 Å². The maximum atomic E-state index is 11.7. The highest BCUT2D eigenvalue weighted by molar-refractivity contribution is 6.28. The Kier molecular flexibility index (Phi) is 6.07. The van der Waals surface area contributed by atoms with Crippen molar-refractivity contribution in [3.05, 3.63) is 47.0 Å². The summed E-state index contributed by atoms with van der Waals surface area (Å²) in [6.45, 7) is 0.179. The molecule has 0 bridgehead atoms. The molecule has 0 saturated carbocycles. The molecule has 122 valence electrons. The first-order chi connectivity index (χ1) is 11.1. The number of benzene rings is 1. The van der Waals surface area contributed by atoms with Crippen molar-refractivity contribution in [2.75, 3.05) is 20.3 Å². The lowest BCUT2D eigenvalue weighted by Crippen LogP contribution is -2.13. The Morgan fingerprint density at radius 3 is 2.61 bits per heavy atom. The number of nitrogens with zero attached hydrogens (tertiary/aromatic N) is 3. The van der Waals surface area contributed by atoms with Crippen LogP contribution in [0.5, 0.6) is 0 Å². The second-order valence-electron chi connectivity index (χ2n) is 4.23. The number of carbonyl (C=O) groups is 2. The Labute approximate surface area is 136 Å². The molecule has 8 nitrogen and oxygen atoms in total. The van der Waals surface area contributed by atoms with E-state index in [4.69, 9.17) is 21.1 Å². The first-order valence-corrected chi connectivity index (χ1v) is 6.98. The molecule has 2 rings (SSSR count). The van der Waals surface area contributed by atoms with Gasteiger partial charge in [-0.3, -0.25) is 0 Å². The monoisotopic (exact) mass is 339 g/mol. The fourth-order valence-electron chi connectivity index (χ4n) is 1.58. The highest BCUT2D eigenvalue weighted by atomic mass is 35.5. The van der Waals surface area contributed by atoms with Crippen LogP contribution in [0.25, 0.3) is 0 Å². The van der Waals surface area contributed by atoms with Gasteiger partial charge in [0, 0.05) is 0 Å². The van der Waals surface area contributed by atoms with Gasteiger partial charge in [0.05, 0.1) is 19.3 Å². The van der Waals surface area contributed by atoms with Crippen LogP contribution in [0.4, 0.5) is 0 Å². The Morgan fingerprint density at radius 1 is 1.17 bits per heavy atom. The molecule has 0 spiro atoms. The molecular weight excluding hydrogens is 326 g/mol. The minimum Gasteiger partial charge on any atom is -0.463 e. The third-order valence-corrected chi connectivity index (χ3v) is 2.96. The van der Waals surface area contributed by atoms with Crippen molar-refractivity contribution >= 4 is 23.5 Å². The number of aromatic nitrogens is 3. The molecule has 1 aromatic heterocycles. The number of carbonyl (C=O) groups excluding carboxylic acids is 2. The zero-order valence-electron chi connectivity index (χ0n) is 12.3. The first-order valence-electron chi connectivity index (χ1n) is 6.60. The second-order valence-corrected chi connectivity index (χ2v) is 4.57. The lowest BCUT2D eigenvalue weighted by atomic mass is 10.2. The van der Waals surface area contributed by atoms with Crippen LogP contribution in [0.1, 0.15) is 21.0 Å². The van der Waals surface area contributed by atoms with Crippen molar-refractivity contribution in [3.8, 4) is 0 Å². The molecule has 0 fully saturated rings. The van der Waals surface area contributed by atoms with Crippen LogP contribution >= 0.6 is 11.6 Å². The molecule has 0 saturated heterocycles. The molecule has 0 aliphatic rings. The van der Waals surface area contributed by atoms with Crippen LogP contribution in [0.2, 0.25) is 5.28 Å². The molecule has 0 aliphatic carbocycles. The smallest absolute Gasteiger partial charge is 0.378 e. The summed E-state index contributed by atoms with van der Waals surface area (Å²) in [7, 11) is 1.22. The highest BCUT2D eigenvalue weighted by Crippen LogP contribution is 2.07. The van der Waals surface area contributed by atoms with E-state index in [1.807, 2.05) is 6.07 Å². The number of ether oxygens (including phenoxy) is 3. The zero-order valence-corrected chi connectivity index (χ0v) is 13.0. The summed E-state index contributed by atoms with van der Waals surface area (Å²) in [4.78, 5) is 26.6. The lowest BCUT2D eigenvalue weighted by Gasteiger charge is -2.06. The van der Waals surface area contributed by atoms with E-state index in [1.54, 1.807) is 24.3 Å². The highest BCUT2D eigenvalue weighted by Gasteiger charge is 2.15. The van der Waals surface area contributed by atoms with Crippen LogP contribution in [-0.4, -0.2) is 47.0 Å². The molecule has 0 N–H and O–H groups in total. The Bertz CT molecular complexity index is 674. The van der Waals surface area contributed by atoms with Crippen molar-refractivity contribution in [2.24, 2.45) is 0 Å². The van der Waals surface area contributed by atoms with Gasteiger partial charge in [0.15, 0.2) is 0 Å². The van der Waals surface area contributed by atoms with Crippen molar-refractivity contribution < 1.29 is 23.8 Å². The molecule has 0 atom stereocenters. The minimum absolute atomic E-state index is 0.00770. The molecule has 0 radical (unpaired) electrons. The van der Waals surface area contributed by atoms with Crippen molar-refractivity contribution in [1.29, 1.82) is 0 Å². The van der Waals surface area contributed by atoms with Crippen LogP contribution < -0.4 is 0 Å². The Morgan fingerprint density at radius 2 is 1.91 bits per heavy atom. The van der Waals surface area contributed by atoms with E-state index in [0.717, 1.165) is 0 Å². The van der Waals surface area contributed by atoms with Gasteiger partial charge in [-0.2, -0.15) is 4.98 Å². The number of methoxy groups -OCH3 is 1. The third kappa shape index (κ3) is 4.76. The predicted octanol–water partition coefficient (Wildman–Crippen LogP) is 1.55. The van der Waals surface area contributed by atoms with Gasteiger partial charge in [-0.05, 0) is 23.7 Å². The third-order valence-electron chi connectivity index (χ3n) is 2.68. The maximum Gasteiger partial charge on any atom is 0.378 e. The average Bonchev–Trinajstić information content (AvgIpc) is 2.95. The van der Waals surface area contributed by atoms with E-state index in [1.165, 1.54) is 11.8 Å². The van der Waals surface area contributed by atoms with E-state index < -0.39 is 11.9 Å². The Hall–Kier alpha value is -2.45. The largest absolute Gasteiger partial charge is 0.463 e. The zero-order chi connectivity index (χ0) is 16.7. The van der Waals surface area contributed by atoms with Crippen molar-refractivity contribution in [1.82, 2.24) is 14.8 Å². The number of esters is 2. The summed E-state index contributed by atoms with van der Waals surface area (Å²) in [6, 6.07) is 8.63. The fourth-order valence-corrected chi connectivity index (χ4v) is 1.75. The summed E-state index contributed by atoms with van der Waals surface area (Å²) >= 11 is 5.81. The van der Waals surface area contributed by atoms with Crippen LogP contribution in [0.15, 0.2) is 30.3 Å². The van der Waals surface area contributed by atoms with Crippen molar-refractivity contribution in [2.45, 2.75) is 6.73 Å². The van der Waals surface area contributed by atoms with Gasteiger partial charge in [-0.15, -0.1) is 5.10 Å². The van der Waals surface area contributed by atoms with E-state index in [2.05, 4.69) is 14.8 Å². The summed E-state index contributed by atoms with van der Waals surface area (Å²) in [5, 5.41) is 3.82. The maximum absolute atomic E-state index is 11.7. The molecule has 0 aliphatic heterocycles. The summed E-state index contributed by atoms with van der Waals surface area (Å²) in [5.74, 6) is -1.28. The normalized spacial score (nSPS) is 10.3. The first kappa shape index (κ1) is 16.9. The van der Waals surface area contributed by atoms with Gasteiger partial charge in [0.2, 0.25) is 5.28 Å². The van der Waals surface area contributed by atoms with Crippen molar-refractivity contribution in [3.63, 3.8) is 0 Å². The van der Waals surface area contributed by atoms with Gasteiger partial charge in [0.1, 0.15) is 13.3 Å². The lowest BCUT2D eigenvalue weighted by molar-refractivity contribution is 0.0143. The van der Waals surface area contributed by atoms with E-state index in [-0.39, 0.29) is 31.1 Å². The van der Waals surface area contributed by atoms with Gasteiger partial charge in [-0.25, -0.2) is 14.3 Å². The minimum atomic E-state index is -0.692. The average molecular weight is 340 g/mol. The molecule has 1 aromatic carbocycles. The number of hydrogen-bond donors (Lipinski definition) is 0. The van der Waals surface area contributed by atoms with Gasteiger partial charge in [0.25, 0.3) is 5.82 Å². The SMILES string of the molecule is COC(=O)c1nc(Cl)n(COCCOC(=O)c2ccccc2)n1. The summed E-state index contributed by atoms with van der Waals surface area (Å²) in [6.07, 6.45) is 0. The number of rotatable bonds is 7. The van der Waals surface area contributed by atoms with Crippen LogP contribution in [-0.2, 0) is 20.9 Å². The number of halogens is 1. The van der Waals surface area contributed by atoms with Crippen LogP contribution in [0.3, 0.4) is 0 Å². The molecule has 1 heterocycles. The van der Waals surface area contributed by atoms with Crippen LogP contribution in [0, 0.1) is 0 Å². The predicted molar refractivity (Wildman–Crippen MR) is 79.0 cm³/mol. The molecule has 2 aromatic rings.